The molecule has 2 saturated heterocycles. The molecule has 2 atom stereocenters. The largest absolute Gasteiger partial charge is 0.366 e. The Kier molecular flexibility index (Phi) is 3.66. The topological polar surface area (TPSA) is 44.4 Å². The van der Waals surface area contributed by atoms with Crippen molar-refractivity contribution in [1.82, 2.24) is 10.6 Å². The molecule has 4 heteroatoms. The maximum absolute atomic E-state index is 11.8. The van der Waals surface area contributed by atoms with Crippen LogP contribution in [-0.2, 0) is 11.3 Å². The van der Waals surface area contributed by atoms with Crippen molar-refractivity contribution in [2.45, 2.75) is 32.4 Å². The lowest BCUT2D eigenvalue weighted by Gasteiger charge is -2.38. The Morgan fingerprint density at radius 1 is 1.45 bits per heavy atom. The second kappa shape index (κ2) is 5.44. The van der Waals surface area contributed by atoms with E-state index in [1.165, 1.54) is 16.8 Å². The lowest BCUT2D eigenvalue weighted by Crippen LogP contribution is -2.45. The Balaban J connectivity index is 1.85. The van der Waals surface area contributed by atoms with Gasteiger partial charge in [-0.25, -0.2) is 0 Å². The third kappa shape index (κ3) is 2.29. The standard InChI is InChI=1S/C16H23N3O/c1-11-8-13(6-5-12(11)9-17-2)19-7-3-4-14-15(19)10-18-16(14)20/h5-6,8,14-15,17H,3-4,7,9-10H2,1-2H3,(H,18,20). The number of fused-ring (bicyclic) bond motifs is 1. The van der Waals surface area contributed by atoms with Gasteiger partial charge >= 0.3 is 0 Å². The minimum atomic E-state index is 0.182. The monoisotopic (exact) mass is 273 g/mol. The molecule has 0 radical (unpaired) electrons. The molecule has 0 saturated carbocycles. The van der Waals surface area contributed by atoms with Gasteiger partial charge < -0.3 is 15.5 Å². The van der Waals surface area contributed by atoms with Crippen LogP contribution in [-0.4, -0.2) is 32.1 Å². The van der Waals surface area contributed by atoms with Crippen LogP contribution in [0, 0.1) is 12.8 Å². The highest BCUT2D eigenvalue weighted by Crippen LogP contribution is 2.32. The molecule has 0 aromatic heterocycles. The fraction of sp³-hybridized carbons (Fsp3) is 0.562. The van der Waals surface area contributed by atoms with E-state index in [1.54, 1.807) is 0 Å². The number of amides is 1. The Hall–Kier alpha value is -1.55. The van der Waals surface area contributed by atoms with Crippen molar-refractivity contribution in [1.29, 1.82) is 0 Å². The van der Waals surface area contributed by atoms with Gasteiger partial charge in [0.25, 0.3) is 0 Å². The summed E-state index contributed by atoms with van der Waals surface area (Å²) in [6.07, 6.45) is 2.13. The number of rotatable bonds is 3. The summed E-state index contributed by atoms with van der Waals surface area (Å²) in [5.74, 6) is 0.421. The number of hydrogen-bond acceptors (Lipinski definition) is 3. The fourth-order valence-corrected chi connectivity index (χ4v) is 3.52. The Bertz CT molecular complexity index is 514. The molecular formula is C16H23N3O. The number of benzene rings is 1. The number of anilines is 1. The quantitative estimate of drug-likeness (QED) is 0.875. The van der Waals surface area contributed by atoms with Gasteiger partial charge in [0.2, 0.25) is 5.91 Å². The molecule has 2 aliphatic rings. The molecule has 2 aliphatic heterocycles. The number of aryl methyl sites for hydroxylation is 1. The highest BCUT2D eigenvalue weighted by molar-refractivity contribution is 5.83. The molecule has 3 rings (SSSR count). The lowest BCUT2D eigenvalue weighted by atomic mass is 9.90. The number of carbonyl (C=O) groups excluding carboxylic acids is 1. The van der Waals surface area contributed by atoms with Crippen molar-refractivity contribution in [3.05, 3.63) is 29.3 Å². The van der Waals surface area contributed by atoms with Crippen LogP contribution in [0.3, 0.4) is 0 Å². The van der Waals surface area contributed by atoms with E-state index in [-0.39, 0.29) is 11.8 Å². The van der Waals surface area contributed by atoms with Gasteiger partial charge in [-0.2, -0.15) is 0 Å². The number of carbonyl (C=O) groups is 1. The SMILES string of the molecule is CNCc1ccc(N2CCCC3C(=O)NCC32)cc1C. The molecule has 1 amide bonds. The molecule has 1 aromatic carbocycles. The summed E-state index contributed by atoms with van der Waals surface area (Å²) >= 11 is 0. The molecule has 20 heavy (non-hydrogen) atoms. The van der Waals surface area contributed by atoms with Gasteiger partial charge in [0.1, 0.15) is 0 Å². The maximum atomic E-state index is 11.8. The summed E-state index contributed by atoms with van der Waals surface area (Å²) in [6.45, 7) is 4.91. The summed E-state index contributed by atoms with van der Waals surface area (Å²) in [4.78, 5) is 14.3. The smallest absolute Gasteiger partial charge is 0.225 e. The molecule has 0 aliphatic carbocycles. The van der Waals surface area contributed by atoms with Crippen LogP contribution in [0.5, 0.6) is 0 Å². The molecule has 2 fully saturated rings. The van der Waals surface area contributed by atoms with Crippen LogP contribution >= 0.6 is 0 Å². The van der Waals surface area contributed by atoms with Gasteiger partial charge in [0.05, 0.1) is 12.0 Å². The minimum Gasteiger partial charge on any atom is -0.366 e. The van der Waals surface area contributed by atoms with Gasteiger partial charge in [-0.05, 0) is 50.1 Å². The van der Waals surface area contributed by atoms with E-state index in [0.717, 1.165) is 32.5 Å². The molecule has 1 aromatic rings. The zero-order valence-electron chi connectivity index (χ0n) is 12.3. The third-order valence-electron chi connectivity index (χ3n) is 4.63. The summed E-state index contributed by atoms with van der Waals surface area (Å²) < 4.78 is 0. The van der Waals surface area contributed by atoms with Crippen molar-refractivity contribution < 1.29 is 4.79 Å². The second-order valence-corrected chi connectivity index (χ2v) is 5.90. The van der Waals surface area contributed by atoms with E-state index >= 15 is 0 Å². The predicted molar refractivity (Wildman–Crippen MR) is 80.8 cm³/mol. The first-order valence-electron chi connectivity index (χ1n) is 7.49. The number of piperidine rings is 1. The highest BCUT2D eigenvalue weighted by atomic mass is 16.2. The van der Waals surface area contributed by atoms with E-state index in [4.69, 9.17) is 0 Å². The number of nitrogens with zero attached hydrogens (tertiary/aromatic N) is 1. The fourth-order valence-electron chi connectivity index (χ4n) is 3.52. The van der Waals surface area contributed by atoms with Gasteiger partial charge in [-0.15, -0.1) is 0 Å². The molecule has 2 N–H and O–H groups in total. The zero-order chi connectivity index (χ0) is 14.1. The molecule has 108 valence electrons. The van der Waals surface area contributed by atoms with E-state index in [9.17, 15) is 4.79 Å². The van der Waals surface area contributed by atoms with Crippen LogP contribution < -0.4 is 15.5 Å². The Labute approximate surface area is 120 Å². The summed E-state index contributed by atoms with van der Waals surface area (Å²) in [5, 5.41) is 6.22. The van der Waals surface area contributed by atoms with E-state index in [1.807, 2.05) is 7.05 Å². The maximum Gasteiger partial charge on any atom is 0.225 e. The van der Waals surface area contributed by atoms with Gasteiger partial charge in [-0.3, -0.25) is 4.79 Å². The summed E-state index contributed by atoms with van der Waals surface area (Å²) in [6, 6.07) is 7.00. The molecule has 0 spiro atoms. The summed E-state index contributed by atoms with van der Waals surface area (Å²) in [5.41, 5.74) is 3.91. The van der Waals surface area contributed by atoms with Gasteiger partial charge in [-0.1, -0.05) is 6.07 Å². The Morgan fingerprint density at radius 3 is 3.05 bits per heavy atom. The van der Waals surface area contributed by atoms with Crippen LogP contribution in [0.1, 0.15) is 24.0 Å². The second-order valence-electron chi connectivity index (χ2n) is 5.90. The third-order valence-corrected chi connectivity index (χ3v) is 4.63. The lowest BCUT2D eigenvalue weighted by molar-refractivity contribution is -0.122. The zero-order valence-corrected chi connectivity index (χ0v) is 12.3. The molecule has 2 unspecified atom stereocenters. The molecular weight excluding hydrogens is 250 g/mol. The van der Waals surface area contributed by atoms with Gasteiger partial charge in [0.15, 0.2) is 0 Å². The normalized spacial score (nSPS) is 25.5. The Morgan fingerprint density at radius 2 is 2.30 bits per heavy atom. The predicted octanol–water partition coefficient (Wildman–Crippen LogP) is 1.43. The number of nitrogens with one attached hydrogen (secondary N) is 2. The van der Waals surface area contributed by atoms with Gasteiger partial charge in [0, 0.05) is 25.3 Å². The van der Waals surface area contributed by atoms with Crippen LogP contribution in [0.2, 0.25) is 0 Å². The first-order chi connectivity index (χ1) is 9.70. The van der Waals surface area contributed by atoms with Crippen molar-refractivity contribution in [2.24, 2.45) is 5.92 Å². The first-order valence-corrected chi connectivity index (χ1v) is 7.49. The number of hydrogen-bond donors (Lipinski definition) is 2. The van der Waals surface area contributed by atoms with E-state index in [2.05, 4.69) is 40.7 Å². The minimum absolute atomic E-state index is 0.182. The van der Waals surface area contributed by atoms with E-state index < -0.39 is 0 Å². The highest BCUT2D eigenvalue weighted by Gasteiger charge is 2.40. The van der Waals surface area contributed by atoms with Crippen molar-refractivity contribution >= 4 is 11.6 Å². The molecule has 4 nitrogen and oxygen atoms in total. The van der Waals surface area contributed by atoms with Crippen LogP contribution in [0.15, 0.2) is 18.2 Å². The van der Waals surface area contributed by atoms with Crippen molar-refractivity contribution in [2.75, 3.05) is 25.0 Å². The van der Waals surface area contributed by atoms with Crippen LogP contribution in [0.25, 0.3) is 0 Å². The van der Waals surface area contributed by atoms with Crippen LogP contribution in [0.4, 0.5) is 5.69 Å². The molecule has 0 bridgehead atoms. The summed E-state index contributed by atoms with van der Waals surface area (Å²) in [7, 11) is 1.97. The average Bonchev–Trinajstić information content (AvgIpc) is 2.83. The van der Waals surface area contributed by atoms with Crippen molar-refractivity contribution in [3.63, 3.8) is 0 Å². The average molecular weight is 273 g/mol. The van der Waals surface area contributed by atoms with E-state index in [0.29, 0.717) is 6.04 Å². The molecule has 2 heterocycles. The van der Waals surface area contributed by atoms with Crippen molar-refractivity contribution in [3.8, 4) is 0 Å². The first kappa shape index (κ1) is 13.4.